The third-order valence-electron chi connectivity index (χ3n) is 2.08. The van der Waals surface area contributed by atoms with Gasteiger partial charge in [-0.1, -0.05) is 15.9 Å². The molecule has 1 unspecified atom stereocenters. The Hall–Kier alpha value is -1.15. The van der Waals surface area contributed by atoms with Gasteiger partial charge in [0.1, 0.15) is 0 Å². The van der Waals surface area contributed by atoms with Gasteiger partial charge < -0.3 is 5.32 Å². The second kappa shape index (κ2) is 6.85. The highest BCUT2D eigenvalue weighted by Crippen LogP contribution is 2.23. The zero-order valence-electron chi connectivity index (χ0n) is 9.83. The number of nitrogens with zero attached hydrogens (tertiary/aromatic N) is 1. The number of alkyl halides is 3. The molecular formula is C11H11BrF3N3S. The Balaban J connectivity index is 2.44. The van der Waals surface area contributed by atoms with Crippen molar-refractivity contribution in [2.24, 2.45) is 11.0 Å². The van der Waals surface area contributed by atoms with Gasteiger partial charge >= 0.3 is 6.18 Å². The third-order valence-corrected chi connectivity index (χ3v) is 2.80. The van der Waals surface area contributed by atoms with Crippen LogP contribution in [0.1, 0.15) is 6.92 Å². The minimum Gasteiger partial charge on any atom is -0.331 e. The molecule has 0 heterocycles. The molecule has 0 saturated carbocycles. The number of anilines is 1. The Morgan fingerprint density at radius 1 is 1.37 bits per heavy atom. The van der Waals surface area contributed by atoms with Crippen molar-refractivity contribution in [3.8, 4) is 0 Å². The van der Waals surface area contributed by atoms with E-state index in [-0.39, 0.29) is 5.11 Å². The molecule has 19 heavy (non-hydrogen) atoms. The van der Waals surface area contributed by atoms with E-state index in [1.54, 1.807) is 24.3 Å². The van der Waals surface area contributed by atoms with Crippen LogP contribution in [0.5, 0.6) is 0 Å². The van der Waals surface area contributed by atoms with E-state index in [1.165, 1.54) is 0 Å². The molecule has 0 radical (unpaired) electrons. The normalized spacial score (nSPS) is 13.3. The van der Waals surface area contributed by atoms with Crippen LogP contribution in [-0.2, 0) is 0 Å². The van der Waals surface area contributed by atoms with Gasteiger partial charge in [-0.15, -0.1) is 0 Å². The summed E-state index contributed by atoms with van der Waals surface area (Å²) in [4.78, 5) is 0. The maximum absolute atomic E-state index is 12.2. The molecule has 0 fully saturated rings. The summed E-state index contributed by atoms with van der Waals surface area (Å²) < 4.78 is 37.5. The van der Waals surface area contributed by atoms with Crippen LogP contribution in [-0.4, -0.2) is 17.5 Å². The van der Waals surface area contributed by atoms with Crippen LogP contribution >= 0.6 is 28.1 Å². The summed E-state index contributed by atoms with van der Waals surface area (Å²) >= 11 is 8.17. The van der Waals surface area contributed by atoms with E-state index in [2.05, 4.69) is 31.8 Å². The fraction of sp³-hybridized carbons (Fsp3) is 0.273. The summed E-state index contributed by atoms with van der Waals surface area (Å²) in [6.07, 6.45) is -3.54. The van der Waals surface area contributed by atoms with Gasteiger partial charge in [0.2, 0.25) is 0 Å². The summed E-state index contributed by atoms with van der Waals surface area (Å²) in [5, 5.41) is 6.35. The first kappa shape index (κ1) is 15.9. The number of hydrogen-bond acceptors (Lipinski definition) is 2. The van der Waals surface area contributed by atoms with Crippen molar-refractivity contribution in [1.29, 1.82) is 0 Å². The number of rotatable bonds is 3. The lowest BCUT2D eigenvalue weighted by Crippen LogP contribution is -2.26. The molecule has 0 aliphatic rings. The zero-order valence-corrected chi connectivity index (χ0v) is 12.2. The molecule has 0 saturated heterocycles. The van der Waals surface area contributed by atoms with Crippen LogP contribution in [0.4, 0.5) is 18.9 Å². The highest BCUT2D eigenvalue weighted by atomic mass is 79.9. The first-order valence-electron chi connectivity index (χ1n) is 5.21. The molecule has 2 N–H and O–H groups in total. The third kappa shape index (κ3) is 6.02. The lowest BCUT2D eigenvalue weighted by Gasteiger charge is -2.10. The summed E-state index contributed by atoms with van der Waals surface area (Å²) in [6.45, 7) is 1.01. The van der Waals surface area contributed by atoms with E-state index in [9.17, 15) is 13.2 Å². The average Bonchev–Trinajstić information content (AvgIpc) is 2.31. The molecular weight excluding hydrogens is 343 g/mol. The molecule has 1 aromatic carbocycles. The first-order valence-corrected chi connectivity index (χ1v) is 6.41. The standard InChI is InChI=1S/C11H11BrF3N3S/c1-7(11(13,14)15)6-16-18-10(19)17-9-4-2-8(12)3-5-9/h2-7H,1H3,(H2,17,18,19)/b16-6+. The number of nitrogens with one attached hydrogen (secondary N) is 2. The topological polar surface area (TPSA) is 36.4 Å². The first-order chi connectivity index (χ1) is 8.79. The summed E-state index contributed by atoms with van der Waals surface area (Å²) in [7, 11) is 0. The molecule has 0 aliphatic carbocycles. The van der Waals surface area contributed by atoms with Crippen molar-refractivity contribution in [2.45, 2.75) is 13.1 Å². The van der Waals surface area contributed by atoms with Crippen LogP contribution in [0.2, 0.25) is 0 Å². The molecule has 3 nitrogen and oxygen atoms in total. The molecule has 104 valence electrons. The number of thiocarbonyl (C=S) groups is 1. The van der Waals surface area contributed by atoms with E-state index in [0.29, 0.717) is 5.69 Å². The lowest BCUT2D eigenvalue weighted by molar-refractivity contribution is -0.149. The molecule has 0 spiro atoms. The van der Waals surface area contributed by atoms with Gasteiger partial charge in [0.25, 0.3) is 0 Å². The van der Waals surface area contributed by atoms with E-state index in [1.807, 2.05) is 0 Å². The van der Waals surface area contributed by atoms with Gasteiger partial charge in [0.05, 0.1) is 5.92 Å². The number of hydrazone groups is 1. The van der Waals surface area contributed by atoms with E-state index >= 15 is 0 Å². The lowest BCUT2D eigenvalue weighted by atomic mass is 10.2. The highest BCUT2D eigenvalue weighted by Gasteiger charge is 2.34. The van der Waals surface area contributed by atoms with Crippen molar-refractivity contribution in [3.05, 3.63) is 28.7 Å². The maximum atomic E-state index is 12.2. The smallest absolute Gasteiger partial charge is 0.331 e. The zero-order chi connectivity index (χ0) is 14.5. The molecule has 1 rings (SSSR count). The van der Waals surface area contributed by atoms with Gasteiger partial charge in [-0.25, -0.2) is 0 Å². The molecule has 1 aromatic rings. The van der Waals surface area contributed by atoms with Crippen LogP contribution in [0, 0.1) is 5.92 Å². The summed E-state index contributed by atoms with van der Waals surface area (Å²) in [6, 6.07) is 7.14. The summed E-state index contributed by atoms with van der Waals surface area (Å²) in [5.41, 5.74) is 3.03. The predicted octanol–water partition coefficient (Wildman–Crippen LogP) is 3.92. The van der Waals surface area contributed by atoms with Crippen LogP contribution in [0.15, 0.2) is 33.8 Å². The van der Waals surface area contributed by atoms with E-state index in [4.69, 9.17) is 12.2 Å². The fourth-order valence-electron chi connectivity index (χ4n) is 0.984. The highest BCUT2D eigenvalue weighted by molar-refractivity contribution is 9.10. The van der Waals surface area contributed by atoms with Gasteiger partial charge in [0.15, 0.2) is 5.11 Å². The van der Waals surface area contributed by atoms with Crippen LogP contribution in [0.25, 0.3) is 0 Å². The number of hydrogen-bond donors (Lipinski definition) is 2. The Kier molecular flexibility index (Phi) is 5.74. The second-order valence-corrected chi connectivity index (χ2v) is 5.01. The Bertz CT molecular complexity index is 459. The fourth-order valence-corrected chi connectivity index (χ4v) is 1.42. The van der Waals surface area contributed by atoms with Gasteiger partial charge in [0, 0.05) is 16.4 Å². The Morgan fingerprint density at radius 2 is 1.95 bits per heavy atom. The van der Waals surface area contributed by atoms with E-state index < -0.39 is 12.1 Å². The number of benzene rings is 1. The van der Waals surface area contributed by atoms with Crippen molar-refractivity contribution in [3.63, 3.8) is 0 Å². The van der Waals surface area contributed by atoms with Crippen molar-refractivity contribution >= 4 is 45.2 Å². The van der Waals surface area contributed by atoms with Gasteiger partial charge in [-0.3, -0.25) is 5.43 Å². The maximum Gasteiger partial charge on any atom is 0.396 e. The number of halogens is 4. The van der Waals surface area contributed by atoms with Gasteiger partial charge in [-0.05, 0) is 43.4 Å². The molecule has 8 heteroatoms. The molecule has 0 bridgehead atoms. The van der Waals surface area contributed by atoms with Crippen molar-refractivity contribution < 1.29 is 13.2 Å². The largest absolute Gasteiger partial charge is 0.396 e. The molecule has 0 aromatic heterocycles. The van der Waals surface area contributed by atoms with Crippen molar-refractivity contribution in [1.82, 2.24) is 5.43 Å². The minimum absolute atomic E-state index is 0.118. The SMILES string of the molecule is CC(/C=N/NC(=S)Nc1ccc(Br)cc1)C(F)(F)F. The Morgan fingerprint density at radius 3 is 2.47 bits per heavy atom. The molecule has 1 atom stereocenters. The molecule has 0 amide bonds. The predicted molar refractivity (Wildman–Crippen MR) is 77.2 cm³/mol. The minimum atomic E-state index is -4.30. The quantitative estimate of drug-likeness (QED) is 0.491. The van der Waals surface area contributed by atoms with Crippen LogP contribution < -0.4 is 10.7 Å². The summed E-state index contributed by atoms with van der Waals surface area (Å²) in [5.74, 6) is -1.63. The average molecular weight is 354 g/mol. The van der Waals surface area contributed by atoms with E-state index in [0.717, 1.165) is 17.6 Å². The molecule has 0 aliphatic heterocycles. The van der Waals surface area contributed by atoms with Crippen LogP contribution in [0.3, 0.4) is 0 Å². The Labute approximate surface area is 122 Å². The van der Waals surface area contributed by atoms with Gasteiger partial charge in [-0.2, -0.15) is 18.3 Å². The van der Waals surface area contributed by atoms with Crippen molar-refractivity contribution in [2.75, 3.05) is 5.32 Å². The monoisotopic (exact) mass is 353 g/mol. The second-order valence-electron chi connectivity index (χ2n) is 3.68.